The van der Waals surface area contributed by atoms with Crippen molar-refractivity contribution in [1.82, 2.24) is 0 Å². The maximum Gasteiger partial charge on any atom is 0.258 e. The van der Waals surface area contributed by atoms with Crippen LogP contribution in [0.3, 0.4) is 0 Å². The molecule has 0 radical (unpaired) electrons. The molecule has 0 aliphatic heterocycles. The summed E-state index contributed by atoms with van der Waals surface area (Å²) in [6.07, 6.45) is 0.851. The Balaban J connectivity index is 1.83. The highest BCUT2D eigenvalue weighted by Gasteiger charge is 2.18. The molecule has 0 fully saturated rings. The molecule has 0 saturated heterocycles. The average molecular weight is 372 g/mol. The van der Waals surface area contributed by atoms with E-state index in [2.05, 4.69) is 5.32 Å². The second-order valence-corrected chi connectivity index (χ2v) is 6.70. The predicted molar refractivity (Wildman–Crippen MR) is 114 cm³/mol. The van der Waals surface area contributed by atoms with E-state index in [4.69, 9.17) is 0 Å². The van der Waals surface area contributed by atoms with Gasteiger partial charge < -0.3 is 10.2 Å². The third-order valence-corrected chi connectivity index (χ3v) is 4.41. The van der Waals surface area contributed by atoms with Crippen molar-refractivity contribution in [2.75, 3.05) is 16.8 Å². The first-order chi connectivity index (χ1) is 13.6. The lowest BCUT2D eigenvalue weighted by Gasteiger charge is -2.23. The maximum atomic E-state index is 13.2. The van der Waals surface area contributed by atoms with Gasteiger partial charge in [-0.3, -0.25) is 9.59 Å². The molecule has 0 saturated carbocycles. The molecule has 28 heavy (non-hydrogen) atoms. The number of anilines is 2. The fraction of sp³-hybridized carbons (Fsp3) is 0.167. The summed E-state index contributed by atoms with van der Waals surface area (Å²) in [6, 6.07) is 24.0. The summed E-state index contributed by atoms with van der Waals surface area (Å²) in [4.78, 5) is 27.3. The number of hydrogen-bond donors (Lipinski definition) is 1. The zero-order chi connectivity index (χ0) is 19.9. The number of benzene rings is 3. The van der Waals surface area contributed by atoms with Crippen LogP contribution in [0.5, 0.6) is 0 Å². The third-order valence-electron chi connectivity index (χ3n) is 4.41. The Kier molecular flexibility index (Phi) is 6.22. The molecule has 0 aromatic heterocycles. The van der Waals surface area contributed by atoms with Gasteiger partial charge in [0.1, 0.15) is 0 Å². The van der Waals surface area contributed by atoms with Crippen LogP contribution in [0.4, 0.5) is 11.4 Å². The molecule has 142 valence electrons. The second-order valence-electron chi connectivity index (χ2n) is 6.70. The number of hydrogen-bond acceptors (Lipinski definition) is 2. The van der Waals surface area contributed by atoms with Gasteiger partial charge in [0.25, 0.3) is 11.8 Å². The summed E-state index contributed by atoms with van der Waals surface area (Å²) in [5.74, 6) is -0.280. The molecule has 4 nitrogen and oxygen atoms in total. The summed E-state index contributed by atoms with van der Waals surface area (Å²) in [5, 5.41) is 2.86. The molecule has 2 amide bonds. The van der Waals surface area contributed by atoms with Crippen LogP contribution in [-0.2, 0) is 0 Å². The first kappa shape index (κ1) is 19.4. The van der Waals surface area contributed by atoms with Crippen molar-refractivity contribution >= 4 is 23.2 Å². The van der Waals surface area contributed by atoms with Gasteiger partial charge in [-0.05, 0) is 61.4 Å². The molecule has 3 aromatic carbocycles. The van der Waals surface area contributed by atoms with Crippen molar-refractivity contribution in [3.05, 3.63) is 95.6 Å². The van der Waals surface area contributed by atoms with E-state index in [1.165, 1.54) is 0 Å². The molecule has 0 atom stereocenters. The second kappa shape index (κ2) is 9.00. The van der Waals surface area contributed by atoms with E-state index >= 15 is 0 Å². The Hall–Kier alpha value is -3.40. The summed E-state index contributed by atoms with van der Waals surface area (Å²) >= 11 is 0. The van der Waals surface area contributed by atoms with Gasteiger partial charge in [-0.25, -0.2) is 0 Å². The summed E-state index contributed by atoms with van der Waals surface area (Å²) in [7, 11) is 0. The smallest absolute Gasteiger partial charge is 0.258 e. The minimum Gasteiger partial charge on any atom is -0.322 e. The van der Waals surface area contributed by atoms with E-state index in [-0.39, 0.29) is 11.8 Å². The molecule has 0 heterocycles. The normalized spacial score (nSPS) is 10.4. The lowest BCUT2D eigenvalue weighted by molar-refractivity contribution is 0.0984. The number of nitrogens with one attached hydrogen (secondary N) is 1. The summed E-state index contributed by atoms with van der Waals surface area (Å²) < 4.78 is 0. The Bertz CT molecular complexity index is 967. The zero-order valence-electron chi connectivity index (χ0n) is 16.2. The molecular formula is C24H24N2O2. The number of nitrogens with zero attached hydrogens (tertiary/aromatic N) is 1. The van der Waals surface area contributed by atoms with E-state index in [1.54, 1.807) is 41.3 Å². The van der Waals surface area contributed by atoms with Crippen LogP contribution >= 0.6 is 0 Å². The highest BCUT2D eigenvalue weighted by Crippen LogP contribution is 2.21. The van der Waals surface area contributed by atoms with Gasteiger partial charge in [0.2, 0.25) is 0 Å². The summed E-state index contributed by atoms with van der Waals surface area (Å²) in [6.45, 7) is 4.69. The fourth-order valence-electron chi connectivity index (χ4n) is 3.05. The van der Waals surface area contributed by atoms with Gasteiger partial charge >= 0.3 is 0 Å². The Morgan fingerprint density at radius 1 is 0.857 bits per heavy atom. The number of carbonyl (C=O) groups excluding carboxylic acids is 2. The van der Waals surface area contributed by atoms with E-state index in [1.807, 2.05) is 56.3 Å². The fourth-order valence-corrected chi connectivity index (χ4v) is 3.05. The van der Waals surface area contributed by atoms with Crippen molar-refractivity contribution < 1.29 is 9.59 Å². The molecule has 3 rings (SSSR count). The number of aryl methyl sites for hydroxylation is 1. The van der Waals surface area contributed by atoms with Crippen LogP contribution < -0.4 is 10.2 Å². The van der Waals surface area contributed by atoms with Crippen LogP contribution in [0.25, 0.3) is 0 Å². The lowest BCUT2D eigenvalue weighted by Crippen LogP contribution is -2.31. The quantitative estimate of drug-likeness (QED) is 0.638. The van der Waals surface area contributed by atoms with Crippen LogP contribution in [0.1, 0.15) is 39.6 Å². The monoisotopic (exact) mass is 372 g/mol. The van der Waals surface area contributed by atoms with Gasteiger partial charge in [-0.2, -0.15) is 0 Å². The minimum atomic E-state index is -0.200. The standard InChI is InChI=1S/C24H24N2O2/c1-3-15-26(22-14-7-9-18(2)16-22)24(28)20-12-8-13-21(17-20)25-23(27)19-10-5-4-6-11-19/h4-14,16-17H,3,15H2,1-2H3,(H,25,27). The van der Waals surface area contributed by atoms with E-state index in [0.717, 1.165) is 17.7 Å². The van der Waals surface area contributed by atoms with Gasteiger partial charge in [-0.1, -0.05) is 43.3 Å². The maximum absolute atomic E-state index is 13.2. The summed E-state index contributed by atoms with van der Waals surface area (Å²) in [5.41, 5.74) is 3.70. The molecule has 1 N–H and O–H groups in total. The Morgan fingerprint density at radius 3 is 2.29 bits per heavy atom. The van der Waals surface area contributed by atoms with Crippen LogP contribution in [0, 0.1) is 6.92 Å². The van der Waals surface area contributed by atoms with Gasteiger partial charge in [0, 0.05) is 29.0 Å². The molecule has 3 aromatic rings. The number of carbonyl (C=O) groups is 2. The van der Waals surface area contributed by atoms with Crippen LogP contribution in [-0.4, -0.2) is 18.4 Å². The zero-order valence-corrected chi connectivity index (χ0v) is 16.2. The number of amides is 2. The number of rotatable bonds is 6. The first-order valence-corrected chi connectivity index (χ1v) is 9.43. The van der Waals surface area contributed by atoms with Crippen molar-refractivity contribution in [3.8, 4) is 0 Å². The molecular weight excluding hydrogens is 348 g/mol. The van der Waals surface area contributed by atoms with Crippen molar-refractivity contribution in [3.63, 3.8) is 0 Å². The van der Waals surface area contributed by atoms with Gasteiger partial charge in [0.05, 0.1) is 0 Å². The van der Waals surface area contributed by atoms with Crippen LogP contribution in [0.2, 0.25) is 0 Å². The average Bonchev–Trinajstić information content (AvgIpc) is 2.72. The van der Waals surface area contributed by atoms with Crippen LogP contribution in [0.15, 0.2) is 78.9 Å². The SMILES string of the molecule is CCCN(C(=O)c1cccc(NC(=O)c2ccccc2)c1)c1cccc(C)c1. The highest BCUT2D eigenvalue weighted by molar-refractivity contribution is 6.08. The predicted octanol–water partition coefficient (Wildman–Crippen LogP) is 5.30. The largest absolute Gasteiger partial charge is 0.322 e. The van der Waals surface area contributed by atoms with Crippen molar-refractivity contribution in [2.45, 2.75) is 20.3 Å². The first-order valence-electron chi connectivity index (χ1n) is 9.43. The Morgan fingerprint density at radius 2 is 1.57 bits per heavy atom. The molecule has 0 unspecified atom stereocenters. The van der Waals surface area contributed by atoms with Crippen molar-refractivity contribution in [1.29, 1.82) is 0 Å². The molecule has 0 spiro atoms. The minimum absolute atomic E-state index is 0.0803. The molecule has 0 bridgehead atoms. The van der Waals surface area contributed by atoms with Gasteiger partial charge in [0.15, 0.2) is 0 Å². The van der Waals surface area contributed by atoms with E-state index in [0.29, 0.717) is 23.4 Å². The van der Waals surface area contributed by atoms with E-state index in [9.17, 15) is 9.59 Å². The van der Waals surface area contributed by atoms with E-state index < -0.39 is 0 Å². The Labute approximate surface area is 165 Å². The molecule has 4 heteroatoms. The third kappa shape index (κ3) is 4.65. The topological polar surface area (TPSA) is 49.4 Å². The highest BCUT2D eigenvalue weighted by atomic mass is 16.2. The van der Waals surface area contributed by atoms with Crippen molar-refractivity contribution in [2.24, 2.45) is 0 Å². The lowest BCUT2D eigenvalue weighted by atomic mass is 10.1. The molecule has 0 aliphatic rings. The van der Waals surface area contributed by atoms with Gasteiger partial charge in [-0.15, -0.1) is 0 Å². The molecule has 0 aliphatic carbocycles.